The van der Waals surface area contributed by atoms with Crippen LogP contribution in [0.1, 0.15) is 12.8 Å². The molecule has 29 heavy (non-hydrogen) atoms. The van der Waals surface area contributed by atoms with Gasteiger partial charge < -0.3 is 19.6 Å². The molecule has 3 aromatic rings. The highest BCUT2D eigenvalue weighted by Gasteiger charge is 2.15. The minimum atomic E-state index is -0.970. The summed E-state index contributed by atoms with van der Waals surface area (Å²) in [4.78, 5) is 34.6. The molecule has 0 saturated carbocycles. The van der Waals surface area contributed by atoms with E-state index in [9.17, 15) is 14.4 Å². The molecule has 7 nitrogen and oxygen atoms in total. The van der Waals surface area contributed by atoms with Gasteiger partial charge in [0, 0.05) is 18.6 Å². The third-order valence-corrected chi connectivity index (χ3v) is 4.54. The SMILES string of the molecule is COc1ccc(-c2cc(=O)c3cccc(Cl)c3o2)c(OCCCC(=O)C(N)=O)c1. The van der Waals surface area contributed by atoms with Crippen molar-refractivity contribution in [3.05, 3.63) is 57.7 Å². The van der Waals surface area contributed by atoms with Gasteiger partial charge >= 0.3 is 0 Å². The van der Waals surface area contributed by atoms with Crippen molar-refractivity contribution < 1.29 is 23.5 Å². The fourth-order valence-corrected chi connectivity index (χ4v) is 2.98. The van der Waals surface area contributed by atoms with Gasteiger partial charge in [0.15, 0.2) is 11.0 Å². The van der Waals surface area contributed by atoms with Crippen LogP contribution in [0.4, 0.5) is 0 Å². The van der Waals surface area contributed by atoms with Crippen LogP contribution < -0.4 is 20.6 Å². The van der Waals surface area contributed by atoms with E-state index in [1.165, 1.54) is 13.2 Å². The van der Waals surface area contributed by atoms with Crippen molar-refractivity contribution in [1.82, 2.24) is 0 Å². The number of Topliss-reactive ketones (excluding diaryl/α,β-unsaturated/α-hetero) is 1. The molecule has 2 N–H and O–H groups in total. The molecule has 2 aromatic carbocycles. The Kier molecular flexibility index (Phi) is 6.19. The molecule has 1 amide bonds. The van der Waals surface area contributed by atoms with Gasteiger partial charge in [0.1, 0.15) is 17.3 Å². The number of ether oxygens (including phenoxy) is 2. The molecule has 0 atom stereocenters. The standard InChI is InChI=1S/C21H18ClNO6/c1-27-12-7-8-14(18(10-12)28-9-3-6-16(24)21(23)26)19-11-17(25)13-4-2-5-15(22)20(13)29-19/h2,4-5,7-8,10-11H,3,6,9H2,1H3,(H2,23,26). The van der Waals surface area contributed by atoms with E-state index in [4.69, 9.17) is 31.2 Å². The number of methoxy groups -OCH3 is 1. The zero-order valence-electron chi connectivity index (χ0n) is 15.6. The Morgan fingerprint density at radius 1 is 1.17 bits per heavy atom. The molecule has 150 valence electrons. The average Bonchev–Trinajstić information content (AvgIpc) is 2.71. The van der Waals surface area contributed by atoms with Crippen molar-refractivity contribution >= 4 is 34.3 Å². The Morgan fingerprint density at radius 3 is 2.69 bits per heavy atom. The number of carbonyl (C=O) groups is 2. The van der Waals surface area contributed by atoms with Gasteiger partial charge in [-0.2, -0.15) is 0 Å². The lowest BCUT2D eigenvalue weighted by Gasteiger charge is -2.13. The summed E-state index contributed by atoms with van der Waals surface area (Å²) in [6, 6.07) is 11.4. The molecule has 0 fully saturated rings. The van der Waals surface area contributed by atoms with Crippen molar-refractivity contribution in [2.24, 2.45) is 5.73 Å². The molecule has 0 unspecified atom stereocenters. The van der Waals surface area contributed by atoms with Crippen LogP contribution in [0.3, 0.4) is 0 Å². The van der Waals surface area contributed by atoms with E-state index < -0.39 is 11.7 Å². The molecule has 1 aromatic heterocycles. The van der Waals surface area contributed by atoms with Gasteiger partial charge in [-0.05, 0) is 30.7 Å². The minimum absolute atomic E-state index is 0.0186. The summed E-state index contributed by atoms with van der Waals surface area (Å²) in [5, 5.41) is 0.699. The third-order valence-electron chi connectivity index (χ3n) is 4.24. The number of hydrogen-bond donors (Lipinski definition) is 1. The lowest BCUT2D eigenvalue weighted by Crippen LogP contribution is -2.23. The lowest BCUT2D eigenvalue weighted by molar-refractivity contribution is -0.136. The summed E-state index contributed by atoms with van der Waals surface area (Å²) in [7, 11) is 1.51. The fourth-order valence-electron chi connectivity index (χ4n) is 2.77. The highest BCUT2D eigenvalue weighted by molar-refractivity contribution is 6.35. The normalized spacial score (nSPS) is 10.7. The molecule has 0 aliphatic rings. The van der Waals surface area contributed by atoms with Gasteiger partial charge in [0.05, 0.1) is 29.7 Å². The van der Waals surface area contributed by atoms with Crippen LogP contribution in [-0.2, 0) is 9.59 Å². The lowest BCUT2D eigenvalue weighted by atomic mass is 10.1. The van der Waals surface area contributed by atoms with Gasteiger partial charge in [-0.15, -0.1) is 0 Å². The van der Waals surface area contributed by atoms with Crippen molar-refractivity contribution in [3.63, 3.8) is 0 Å². The predicted molar refractivity (Wildman–Crippen MR) is 108 cm³/mol. The van der Waals surface area contributed by atoms with Crippen LogP contribution in [0.2, 0.25) is 5.02 Å². The van der Waals surface area contributed by atoms with Crippen LogP contribution >= 0.6 is 11.6 Å². The average molecular weight is 416 g/mol. The summed E-state index contributed by atoms with van der Waals surface area (Å²) >= 11 is 6.18. The summed E-state index contributed by atoms with van der Waals surface area (Å²) in [5.74, 6) is -0.415. The fraction of sp³-hybridized carbons (Fsp3) is 0.190. The maximum Gasteiger partial charge on any atom is 0.284 e. The first-order valence-corrected chi connectivity index (χ1v) is 9.14. The summed E-state index contributed by atoms with van der Waals surface area (Å²) < 4.78 is 16.9. The van der Waals surface area contributed by atoms with Crippen LogP contribution in [0.25, 0.3) is 22.3 Å². The van der Waals surface area contributed by atoms with Crippen LogP contribution in [-0.4, -0.2) is 25.4 Å². The second-order valence-corrected chi connectivity index (χ2v) is 6.60. The second kappa shape index (κ2) is 8.79. The Labute approximate surface area is 171 Å². The molecular weight excluding hydrogens is 398 g/mol. The summed E-state index contributed by atoms with van der Waals surface area (Å²) in [5.41, 5.74) is 5.50. The van der Waals surface area contributed by atoms with Crippen molar-refractivity contribution in [3.8, 4) is 22.8 Å². The maximum atomic E-state index is 12.5. The molecule has 0 spiro atoms. The molecule has 0 aliphatic carbocycles. The molecule has 0 bridgehead atoms. The van der Waals surface area contributed by atoms with E-state index in [0.717, 1.165) is 0 Å². The third kappa shape index (κ3) is 4.57. The number of hydrogen-bond acceptors (Lipinski definition) is 6. The summed E-state index contributed by atoms with van der Waals surface area (Å²) in [6.07, 6.45) is 0.279. The van der Waals surface area contributed by atoms with E-state index in [0.29, 0.717) is 33.9 Å². The van der Waals surface area contributed by atoms with Crippen LogP contribution in [0, 0.1) is 0 Å². The number of amides is 1. The zero-order chi connectivity index (χ0) is 21.0. The zero-order valence-corrected chi connectivity index (χ0v) is 16.3. The number of para-hydroxylation sites is 1. The number of primary amides is 1. The molecule has 1 heterocycles. The van der Waals surface area contributed by atoms with Crippen molar-refractivity contribution in [2.45, 2.75) is 12.8 Å². The van der Waals surface area contributed by atoms with E-state index >= 15 is 0 Å². The van der Waals surface area contributed by atoms with E-state index in [-0.39, 0.29) is 29.8 Å². The monoisotopic (exact) mass is 415 g/mol. The quantitative estimate of drug-likeness (QED) is 0.446. The number of benzene rings is 2. The van der Waals surface area contributed by atoms with Crippen molar-refractivity contribution in [1.29, 1.82) is 0 Å². The van der Waals surface area contributed by atoms with Crippen molar-refractivity contribution in [2.75, 3.05) is 13.7 Å². The van der Waals surface area contributed by atoms with Gasteiger partial charge in [0.2, 0.25) is 5.78 Å². The Balaban J connectivity index is 1.94. The number of fused-ring (bicyclic) bond motifs is 1. The molecular formula is C21H18ClNO6. The van der Waals surface area contributed by atoms with Gasteiger partial charge in [0.25, 0.3) is 5.91 Å². The van der Waals surface area contributed by atoms with E-state index in [1.807, 2.05) is 0 Å². The summed E-state index contributed by atoms with van der Waals surface area (Å²) in [6.45, 7) is 0.151. The van der Waals surface area contributed by atoms with Crippen LogP contribution in [0.15, 0.2) is 51.7 Å². The molecule has 0 radical (unpaired) electrons. The highest BCUT2D eigenvalue weighted by atomic mass is 35.5. The highest BCUT2D eigenvalue weighted by Crippen LogP contribution is 2.35. The van der Waals surface area contributed by atoms with E-state index in [1.54, 1.807) is 36.4 Å². The maximum absolute atomic E-state index is 12.5. The topological polar surface area (TPSA) is 109 Å². The molecule has 0 aliphatic heterocycles. The number of carbonyl (C=O) groups excluding carboxylic acids is 2. The number of nitrogens with two attached hydrogens (primary N) is 1. The first-order chi connectivity index (χ1) is 13.9. The minimum Gasteiger partial charge on any atom is -0.497 e. The largest absolute Gasteiger partial charge is 0.497 e. The van der Waals surface area contributed by atoms with Gasteiger partial charge in [-0.3, -0.25) is 14.4 Å². The Bertz CT molecular complexity index is 1140. The smallest absolute Gasteiger partial charge is 0.284 e. The molecule has 0 saturated heterocycles. The predicted octanol–water partition coefficient (Wildman–Crippen LogP) is 3.34. The van der Waals surface area contributed by atoms with Gasteiger partial charge in [-0.25, -0.2) is 0 Å². The first kappa shape index (κ1) is 20.4. The second-order valence-electron chi connectivity index (χ2n) is 6.19. The number of ketones is 1. The Morgan fingerprint density at radius 2 is 1.97 bits per heavy atom. The van der Waals surface area contributed by atoms with E-state index in [2.05, 4.69) is 0 Å². The number of halogens is 1. The van der Waals surface area contributed by atoms with Gasteiger partial charge in [-0.1, -0.05) is 17.7 Å². The first-order valence-electron chi connectivity index (χ1n) is 8.77. The molecule has 3 rings (SSSR count). The Hall–Kier alpha value is -3.32. The number of rotatable bonds is 8. The molecule has 8 heteroatoms. The van der Waals surface area contributed by atoms with Crippen LogP contribution in [0.5, 0.6) is 11.5 Å².